The summed E-state index contributed by atoms with van der Waals surface area (Å²) in [5, 5.41) is 4.42. The first-order valence-electron chi connectivity index (χ1n) is 10.8. The van der Waals surface area contributed by atoms with Crippen LogP contribution < -0.4 is 0 Å². The van der Waals surface area contributed by atoms with Gasteiger partial charge in [-0.2, -0.15) is 18.3 Å². The van der Waals surface area contributed by atoms with Crippen LogP contribution in [0.4, 0.5) is 13.2 Å². The van der Waals surface area contributed by atoms with Crippen LogP contribution in [-0.4, -0.2) is 53.7 Å². The maximum atomic E-state index is 13.5. The maximum Gasteiger partial charge on any atom is 0.433 e. The fourth-order valence-corrected chi connectivity index (χ4v) is 8.13. The summed E-state index contributed by atoms with van der Waals surface area (Å²) < 4.78 is 64.9. The lowest BCUT2D eigenvalue weighted by Crippen LogP contribution is -2.51. The van der Waals surface area contributed by atoms with Crippen molar-refractivity contribution in [3.63, 3.8) is 0 Å². The first kappa shape index (κ1) is 19.8. The molecule has 0 aromatic carbocycles. The molecule has 1 aromatic rings. The van der Waals surface area contributed by atoms with Gasteiger partial charge in [-0.05, 0) is 64.0 Å². The highest BCUT2D eigenvalue weighted by Crippen LogP contribution is 2.45. The van der Waals surface area contributed by atoms with Crippen LogP contribution >= 0.6 is 0 Å². The second-order valence-corrected chi connectivity index (χ2v) is 11.8. The van der Waals surface area contributed by atoms with Gasteiger partial charge >= 0.3 is 6.18 Å². The van der Waals surface area contributed by atoms with Crippen molar-refractivity contribution in [2.75, 3.05) is 24.6 Å². The van der Waals surface area contributed by atoms with Crippen molar-refractivity contribution in [2.24, 2.45) is 5.41 Å². The average Bonchev–Trinajstić information content (AvgIpc) is 3.17. The minimum Gasteiger partial charge on any atom is -0.300 e. The summed E-state index contributed by atoms with van der Waals surface area (Å²) in [6.07, 6.45) is 2.73. The molecule has 0 N–H and O–H groups in total. The number of likely N-dealkylation sites (tertiary alicyclic amines) is 1. The highest BCUT2D eigenvalue weighted by Gasteiger charge is 2.53. The molecule has 4 fully saturated rings. The smallest absolute Gasteiger partial charge is 0.300 e. The SMILES string of the molecule is O=S1(=O)CC2(CCN([C@H]3CC[C@H](c4cc(C(F)(F)F)n(C5CCC5)n4)CC3)C2)C1. The third kappa shape index (κ3) is 3.62. The zero-order chi connectivity index (χ0) is 20.4. The van der Waals surface area contributed by atoms with Gasteiger partial charge in [-0.15, -0.1) is 0 Å². The zero-order valence-electron chi connectivity index (χ0n) is 16.5. The number of sulfone groups is 1. The van der Waals surface area contributed by atoms with Gasteiger partial charge in [0.05, 0.1) is 23.2 Å². The Labute approximate surface area is 169 Å². The Morgan fingerprint density at radius 1 is 1.03 bits per heavy atom. The molecule has 5 nitrogen and oxygen atoms in total. The van der Waals surface area contributed by atoms with Crippen LogP contribution in [0.1, 0.15) is 74.7 Å². The minimum atomic E-state index is -4.36. The van der Waals surface area contributed by atoms with E-state index in [9.17, 15) is 21.6 Å². The lowest BCUT2D eigenvalue weighted by atomic mass is 9.83. The maximum absolute atomic E-state index is 13.5. The molecule has 9 heteroatoms. The summed E-state index contributed by atoms with van der Waals surface area (Å²) in [5.41, 5.74) is -0.0172. The Morgan fingerprint density at radius 3 is 2.28 bits per heavy atom. The van der Waals surface area contributed by atoms with E-state index in [1.807, 2.05) is 0 Å². The third-order valence-electron chi connectivity index (χ3n) is 7.62. The average molecular weight is 432 g/mol. The molecular weight excluding hydrogens is 403 g/mol. The second kappa shape index (κ2) is 6.70. The van der Waals surface area contributed by atoms with Gasteiger partial charge in [0, 0.05) is 23.9 Å². The number of rotatable bonds is 3. The summed E-state index contributed by atoms with van der Waals surface area (Å²) in [5.74, 6) is 0.740. The van der Waals surface area contributed by atoms with Gasteiger partial charge in [-0.3, -0.25) is 9.58 Å². The third-order valence-corrected chi connectivity index (χ3v) is 9.72. The van der Waals surface area contributed by atoms with Crippen molar-refractivity contribution < 1.29 is 21.6 Å². The molecule has 0 amide bonds. The molecule has 4 aliphatic rings. The van der Waals surface area contributed by atoms with Crippen LogP contribution in [0.25, 0.3) is 0 Å². The van der Waals surface area contributed by atoms with E-state index in [-0.39, 0.29) is 17.4 Å². The van der Waals surface area contributed by atoms with E-state index >= 15 is 0 Å². The van der Waals surface area contributed by atoms with E-state index in [4.69, 9.17) is 0 Å². The quantitative estimate of drug-likeness (QED) is 0.731. The van der Waals surface area contributed by atoms with Gasteiger partial charge in [0.15, 0.2) is 9.84 Å². The molecule has 0 bridgehead atoms. The van der Waals surface area contributed by atoms with Crippen LogP contribution in [0.2, 0.25) is 0 Å². The summed E-state index contributed by atoms with van der Waals surface area (Å²) in [4.78, 5) is 2.43. The van der Waals surface area contributed by atoms with Crippen LogP contribution in [-0.2, 0) is 16.0 Å². The molecule has 1 aromatic heterocycles. The number of hydrogen-bond acceptors (Lipinski definition) is 4. The van der Waals surface area contributed by atoms with Crippen LogP contribution in [0.5, 0.6) is 0 Å². The molecule has 5 rings (SSSR count). The lowest BCUT2D eigenvalue weighted by Gasteiger charge is -2.39. The van der Waals surface area contributed by atoms with Crippen molar-refractivity contribution in [1.82, 2.24) is 14.7 Å². The fraction of sp³-hybridized carbons (Fsp3) is 0.850. The standard InChI is InChI=1S/C20H28F3N3O2S/c21-20(22,23)18-10-17(24-26(18)16-2-1-3-16)14-4-6-15(7-5-14)25-9-8-19(11-25)12-29(27,28)13-19/h10,14-16H,1-9,11-13H2/t14-,15-. The Kier molecular flexibility index (Phi) is 4.59. The van der Waals surface area contributed by atoms with Gasteiger partial charge in [-0.1, -0.05) is 0 Å². The molecule has 2 aliphatic carbocycles. The van der Waals surface area contributed by atoms with Gasteiger partial charge < -0.3 is 0 Å². The normalized spacial score (nSPS) is 32.2. The first-order valence-corrected chi connectivity index (χ1v) is 12.6. The van der Waals surface area contributed by atoms with Crippen molar-refractivity contribution in [3.8, 4) is 0 Å². The van der Waals surface area contributed by atoms with Crippen LogP contribution in [0.3, 0.4) is 0 Å². The Hall–Kier alpha value is -1.09. The molecule has 0 radical (unpaired) electrons. The summed E-state index contributed by atoms with van der Waals surface area (Å²) in [7, 11) is -2.82. The number of alkyl halides is 3. The van der Waals surface area contributed by atoms with Crippen molar-refractivity contribution in [2.45, 2.75) is 75.5 Å². The lowest BCUT2D eigenvalue weighted by molar-refractivity contribution is -0.145. The largest absolute Gasteiger partial charge is 0.433 e. The number of nitrogens with zero attached hydrogens (tertiary/aromatic N) is 3. The summed E-state index contributed by atoms with van der Waals surface area (Å²) in [6, 6.07) is 1.61. The molecule has 0 unspecified atom stereocenters. The zero-order valence-corrected chi connectivity index (χ0v) is 17.3. The summed E-state index contributed by atoms with van der Waals surface area (Å²) in [6.45, 7) is 1.80. The van der Waals surface area contributed by atoms with Crippen molar-refractivity contribution in [1.29, 1.82) is 0 Å². The molecule has 1 spiro atoms. The Bertz CT molecular complexity index is 871. The molecular formula is C20H28F3N3O2S. The highest BCUT2D eigenvalue weighted by atomic mass is 32.2. The number of hydrogen-bond donors (Lipinski definition) is 0. The predicted molar refractivity (Wildman–Crippen MR) is 102 cm³/mol. The van der Waals surface area contributed by atoms with Crippen molar-refractivity contribution in [3.05, 3.63) is 17.5 Å². The molecule has 2 aliphatic heterocycles. The predicted octanol–water partition coefficient (Wildman–Crippen LogP) is 3.77. The van der Waals surface area contributed by atoms with E-state index in [0.29, 0.717) is 23.2 Å². The van der Waals surface area contributed by atoms with Gasteiger partial charge in [0.25, 0.3) is 0 Å². The highest BCUT2D eigenvalue weighted by molar-refractivity contribution is 7.92. The first-order chi connectivity index (χ1) is 13.6. The van der Waals surface area contributed by atoms with E-state index in [1.54, 1.807) is 0 Å². The molecule has 0 atom stereocenters. The number of aromatic nitrogens is 2. The monoisotopic (exact) mass is 431 g/mol. The van der Waals surface area contributed by atoms with Gasteiger partial charge in [0.2, 0.25) is 0 Å². The molecule has 29 heavy (non-hydrogen) atoms. The van der Waals surface area contributed by atoms with E-state index in [2.05, 4.69) is 10.00 Å². The van der Waals surface area contributed by atoms with Gasteiger partial charge in [-0.25, -0.2) is 8.42 Å². The molecule has 162 valence electrons. The molecule has 2 saturated heterocycles. The molecule has 3 heterocycles. The van der Waals surface area contributed by atoms with E-state index in [1.165, 1.54) is 10.7 Å². The Balaban J connectivity index is 1.23. The second-order valence-electron chi connectivity index (χ2n) is 9.74. The van der Waals surface area contributed by atoms with Crippen molar-refractivity contribution >= 4 is 9.84 Å². The summed E-state index contributed by atoms with van der Waals surface area (Å²) >= 11 is 0. The topological polar surface area (TPSA) is 55.2 Å². The van der Waals surface area contributed by atoms with E-state index in [0.717, 1.165) is 64.5 Å². The van der Waals surface area contributed by atoms with Crippen LogP contribution in [0.15, 0.2) is 6.07 Å². The number of halogens is 3. The van der Waals surface area contributed by atoms with Crippen LogP contribution in [0, 0.1) is 5.41 Å². The Morgan fingerprint density at radius 2 is 1.72 bits per heavy atom. The van der Waals surface area contributed by atoms with E-state index < -0.39 is 21.7 Å². The minimum absolute atomic E-state index is 0.0289. The fourth-order valence-electron chi connectivity index (χ4n) is 5.88. The molecule has 2 saturated carbocycles. The van der Waals surface area contributed by atoms with Gasteiger partial charge in [0.1, 0.15) is 5.69 Å².